The summed E-state index contributed by atoms with van der Waals surface area (Å²) in [6.07, 6.45) is 8.26. The highest BCUT2D eigenvalue weighted by molar-refractivity contribution is 7.80. The van der Waals surface area contributed by atoms with Gasteiger partial charge in [0.25, 0.3) is 5.91 Å². The zero-order chi connectivity index (χ0) is 15.8. The summed E-state index contributed by atoms with van der Waals surface area (Å²) in [6.45, 7) is 0.757. The molecule has 1 aliphatic rings. The lowest BCUT2D eigenvalue weighted by Crippen LogP contribution is -2.39. The number of benzene rings is 1. The molecule has 0 saturated carbocycles. The fourth-order valence-corrected chi connectivity index (χ4v) is 2.62. The van der Waals surface area contributed by atoms with E-state index >= 15 is 0 Å². The Morgan fingerprint density at radius 1 is 1.27 bits per heavy atom. The number of hydrogen-bond donors (Lipinski definition) is 2. The molecule has 0 unspecified atom stereocenters. The van der Waals surface area contributed by atoms with E-state index in [2.05, 4.69) is 16.7 Å². The predicted octanol–water partition coefficient (Wildman–Crippen LogP) is 3.19. The van der Waals surface area contributed by atoms with Crippen molar-refractivity contribution >= 4 is 23.2 Å². The monoisotopic (exact) mass is 318 g/mol. The van der Waals surface area contributed by atoms with Gasteiger partial charge in [-0.25, -0.2) is 0 Å². The van der Waals surface area contributed by atoms with Crippen LogP contribution in [0.2, 0.25) is 0 Å². The van der Waals surface area contributed by atoms with Gasteiger partial charge in [0.1, 0.15) is 5.75 Å². The van der Waals surface area contributed by atoms with Crippen LogP contribution >= 0.6 is 12.2 Å². The molecule has 0 heterocycles. The van der Waals surface area contributed by atoms with Crippen LogP contribution in [0.25, 0.3) is 0 Å². The smallest absolute Gasteiger partial charge is 0.257 e. The highest BCUT2D eigenvalue weighted by Gasteiger charge is 2.08. The third kappa shape index (κ3) is 5.15. The second kappa shape index (κ2) is 8.54. The molecule has 0 fully saturated rings. The first kappa shape index (κ1) is 16.5. The van der Waals surface area contributed by atoms with Crippen molar-refractivity contribution < 1.29 is 9.53 Å². The Bertz CT molecular complexity index is 552. The van der Waals surface area contributed by atoms with E-state index in [0.29, 0.717) is 10.7 Å². The van der Waals surface area contributed by atoms with E-state index in [4.69, 9.17) is 17.0 Å². The maximum atomic E-state index is 12.0. The van der Waals surface area contributed by atoms with E-state index in [1.807, 2.05) is 0 Å². The summed E-state index contributed by atoms with van der Waals surface area (Å²) in [6, 6.07) is 6.93. The molecule has 1 aromatic rings. The normalized spacial score (nSPS) is 14.0. The number of allylic oxidation sites excluding steroid dienone is 1. The lowest BCUT2D eigenvalue weighted by molar-refractivity contribution is 0.0976. The molecule has 0 aromatic heterocycles. The summed E-state index contributed by atoms with van der Waals surface area (Å²) in [7, 11) is 1.59. The van der Waals surface area contributed by atoms with Crippen molar-refractivity contribution in [1.82, 2.24) is 10.6 Å². The van der Waals surface area contributed by atoms with E-state index in [-0.39, 0.29) is 5.91 Å². The Morgan fingerprint density at radius 2 is 2.05 bits per heavy atom. The van der Waals surface area contributed by atoms with Crippen molar-refractivity contribution in [3.05, 3.63) is 41.5 Å². The van der Waals surface area contributed by atoms with Crippen molar-refractivity contribution in [1.29, 1.82) is 0 Å². The van der Waals surface area contributed by atoms with E-state index in [1.54, 1.807) is 31.4 Å². The number of rotatable bonds is 5. The molecule has 118 valence electrons. The molecule has 0 radical (unpaired) electrons. The molecule has 0 aliphatic heterocycles. The van der Waals surface area contributed by atoms with Crippen LogP contribution in [0.4, 0.5) is 0 Å². The maximum Gasteiger partial charge on any atom is 0.257 e. The number of hydrogen-bond acceptors (Lipinski definition) is 3. The van der Waals surface area contributed by atoms with Crippen LogP contribution in [0.5, 0.6) is 5.75 Å². The van der Waals surface area contributed by atoms with E-state index in [0.717, 1.165) is 18.7 Å². The third-order valence-corrected chi connectivity index (χ3v) is 3.94. The summed E-state index contributed by atoms with van der Waals surface area (Å²) < 4.78 is 5.07. The Hall–Kier alpha value is -1.88. The minimum absolute atomic E-state index is 0.211. The molecular weight excluding hydrogens is 296 g/mol. The van der Waals surface area contributed by atoms with Gasteiger partial charge >= 0.3 is 0 Å². The number of thiocarbonyl (C=S) groups is 1. The fourth-order valence-electron chi connectivity index (χ4n) is 2.43. The molecule has 4 nitrogen and oxygen atoms in total. The van der Waals surface area contributed by atoms with Crippen molar-refractivity contribution in [2.24, 2.45) is 0 Å². The van der Waals surface area contributed by atoms with Crippen LogP contribution in [0.3, 0.4) is 0 Å². The zero-order valence-electron chi connectivity index (χ0n) is 12.9. The molecule has 1 amide bonds. The average Bonchev–Trinajstić information content (AvgIpc) is 2.56. The standard InChI is InChI=1S/C17H22N2O2S/c1-21-15-9-7-14(8-10-15)16(20)19-17(22)18-12-11-13-5-3-2-4-6-13/h5,7-10H,2-4,6,11-12H2,1H3,(H2,18,19,20,22). The highest BCUT2D eigenvalue weighted by atomic mass is 32.1. The molecule has 2 N–H and O–H groups in total. The van der Waals surface area contributed by atoms with E-state index in [1.165, 1.54) is 31.3 Å². The van der Waals surface area contributed by atoms with Crippen LogP contribution in [-0.4, -0.2) is 24.7 Å². The summed E-state index contributed by atoms with van der Waals surface area (Å²) in [4.78, 5) is 12.0. The first-order valence-electron chi connectivity index (χ1n) is 7.60. The molecular formula is C17H22N2O2S. The van der Waals surface area contributed by atoms with Crippen molar-refractivity contribution in [3.8, 4) is 5.75 Å². The van der Waals surface area contributed by atoms with Crippen LogP contribution in [-0.2, 0) is 0 Å². The quantitative estimate of drug-likeness (QED) is 0.647. The second-order valence-corrected chi connectivity index (χ2v) is 5.70. The molecule has 0 saturated heterocycles. The van der Waals surface area contributed by atoms with Crippen LogP contribution in [0, 0.1) is 0 Å². The molecule has 1 aliphatic carbocycles. The lowest BCUT2D eigenvalue weighted by Gasteiger charge is -2.14. The zero-order valence-corrected chi connectivity index (χ0v) is 13.7. The SMILES string of the molecule is COc1ccc(C(=O)NC(=S)NCCC2=CCCCC2)cc1. The summed E-state index contributed by atoms with van der Waals surface area (Å²) in [5.41, 5.74) is 2.04. The van der Waals surface area contributed by atoms with Crippen molar-refractivity contribution in [2.45, 2.75) is 32.1 Å². The minimum Gasteiger partial charge on any atom is -0.497 e. The summed E-state index contributed by atoms with van der Waals surface area (Å²) in [5, 5.41) is 6.15. The van der Waals surface area contributed by atoms with Crippen LogP contribution in [0.15, 0.2) is 35.9 Å². The van der Waals surface area contributed by atoms with Crippen LogP contribution in [0.1, 0.15) is 42.5 Å². The minimum atomic E-state index is -0.211. The first-order chi connectivity index (χ1) is 10.7. The van der Waals surface area contributed by atoms with Gasteiger partial charge in [-0.1, -0.05) is 11.6 Å². The van der Waals surface area contributed by atoms with Gasteiger partial charge < -0.3 is 10.1 Å². The number of carbonyl (C=O) groups excluding carboxylic acids is 1. The van der Waals surface area contributed by atoms with Gasteiger partial charge in [0.15, 0.2) is 5.11 Å². The maximum absolute atomic E-state index is 12.0. The largest absolute Gasteiger partial charge is 0.497 e. The lowest BCUT2D eigenvalue weighted by atomic mass is 9.97. The Morgan fingerprint density at radius 3 is 2.68 bits per heavy atom. The Balaban J connectivity index is 1.73. The van der Waals surface area contributed by atoms with Gasteiger partial charge in [-0.3, -0.25) is 10.1 Å². The fraction of sp³-hybridized carbons (Fsp3) is 0.412. The van der Waals surface area contributed by atoms with Gasteiger partial charge in [0.05, 0.1) is 7.11 Å². The second-order valence-electron chi connectivity index (χ2n) is 5.30. The highest BCUT2D eigenvalue weighted by Crippen LogP contribution is 2.19. The van der Waals surface area contributed by atoms with Gasteiger partial charge in [-0.05, 0) is 68.6 Å². The number of amides is 1. The van der Waals surface area contributed by atoms with E-state index < -0.39 is 0 Å². The molecule has 0 spiro atoms. The first-order valence-corrected chi connectivity index (χ1v) is 8.01. The number of nitrogens with one attached hydrogen (secondary N) is 2. The Kier molecular flexibility index (Phi) is 6.40. The number of ether oxygens (including phenoxy) is 1. The molecule has 22 heavy (non-hydrogen) atoms. The molecule has 0 bridgehead atoms. The molecule has 1 aromatic carbocycles. The third-order valence-electron chi connectivity index (χ3n) is 3.70. The van der Waals surface area contributed by atoms with Crippen molar-refractivity contribution in [2.75, 3.05) is 13.7 Å². The predicted molar refractivity (Wildman–Crippen MR) is 92.2 cm³/mol. The van der Waals surface area contributed by atoms with Gasteiger partial charge in [-0.15, -0.1) is 0 Å². The molecule has 0 atom stereocenters. The van der Waals surface area contributed by atoms with Gasteiger partial charge in [-0.2, -0.15) is 0 Å². The van der Waals surface area contributed by atoms with E-state index in [9.17, 15) is 4.79 Å². The van der Waals surface area contributed by atoms with Crippen LogP contribution < -0.4 is 15.4 Å². The van der Waals surface area contributed by atoms with Crippen molar-refractivity contribution in [3.63, 3.8) is 0 Å². The Labute approximate surface area is 136 Å². The number of methoxy groups -OCH3 is 1. The summed E-state index contributed by atoms with van der Waals surface area (Å²) in [5.74, 6) is 0.509. The van der Waals surface area contributed by atoms with Gasteiger partial charge in [0, 0.05) is 12.1 Å². The van der Waals surface area contributed by atoms with Gasteiger partial charge in [0.2, 0.25) is 0 Å². The summed E-state index contributed by atoms with van der Waals surface area (Å²) >= 11 is 5.16. The molecule has 5 heteroatoms. The molecule has 2 rings (SSSR count). The average molecular weight is 318 g/mol. The number of carbonyl (C=O) groups is 1. The topological polar surface area (TPSA) is 50.4 Å².